The van der Waals surface area contributed by atoms with E-state index < -0.39 is 17.9 Å². The molecule has 82 valence electrons. The first-order chi connectivity index (χ1) is 7.15. The second kappa shape index (κ2) is 5.63. The Morgan fingerprint density at radius 1 is 1.60 bits per heavy atom. The normalized spacial score (nSPS) is 12.1. The van der Waals surface area contributed by atoms with Gasteiger partial charge < -0.3 is 9.84 Å². The number of rotatable bonds is 5. The number of carbonyl (C=O) groups excluding carboxylic acids is 2. The molecule has 0 amide bonds. The number of hydrogen-bond acceptors (Lipinski definition) is 5. The Labute approximate surface area is 91.5 Å². The van der Waals surface area contributed by atoms with Gasteiger partial charge in [-0.05, 0) is 18.4 Å². The molecule has 0 aliphatic rings. The van der Waals surface area contributed by atoms with E-state index in [1.165, 1.54) is 11.3 Å². The summed E-state index contributed by atoms with van der Waals surface area (Å²) in [7, 11) is 0. The minimum absolute atomic E-state index is 0.0671. The molecule has 0 aliphatic heterocycles. The van der Waals surface area contributed by atoms with E-state index in [4.69, 9.17) is 0 Å². The maximum Gasteiger partial charge on any atom is 0.342 e. The van der Waals surface area contributed by atoms with E-state index in [9.17, 15) is 14.7 Å². The number of ether oxygens (including phenoxy) is 1. The highest BCUT2D eigenvalue weighted by Crippen LogP contribution is 2.10. The van der Waals surface area contributed by atoms with E-state index in [1.807, 2.05) is 11.4 Å². The van der Waals surface area contributed by atoms with Crippen LogP contribution in [0.3, 0.4) is 0 Å². The Hall–Kier alpha value is -1.20. The first-order valence-corrected chi connectivity index (χ1v) is 5.43. The molecule has 0 aliphatic carbocycles. The van der Waals surface area contributed by atoms with Gasteiger partial charge in [0.05, 0.1) is 6.61 Å². The highest BCUT2D eigenvalue weighted by molar-refractivity contribution is 7.10. The lowest BCUT2D eigenvalue weighted by molar-refractivity contribution is -0.157. The molecule has 0 spiro atoms. The summed E-state index contributed by atoms with van der Waals surface area (Å²) in [6.45, 7) is 1.77. The molecule has 0 saturated carbocycles. The van der Waals surface area contributed by atoms with Crippen LogP contribution in [-0.4, -0.2) is 29.6 Å². The van der Waals surface area contributed by atoms with Gasteiger partial charge in [-0.15, -0.1) is 11.3 Å². The summed E-state index contributed by atoms with van der Waals surface area (Å²) in [6, 6.07) is 3.59. The van der Waals surface area contributed by atoms with Crippen molar-refractivity contribution in [2.75, 3.05) is 6.61 Å². The van der Waals surface area contributed by atoms with E-state index in [-0.39, 0.29) is 13.0 Å². The lowest BCUT2D eigenvalue weighted by atomic mass is 10.1. The smallest absolute Gasteiger partial charge is 0.342 e. The van der Waals surface area contributed by atoms with Crippen LogP contribution in [0.5, 0.6) is 0 Å². The Balaban J connectivity index is 2.50. The van der Waals surface area contributed by atoms with E-state index in [0.29, 0.717) is 0 Å². The molecule has 1 aromatic heterocycles. The number of aliphatic hydroxyl groups is 1. The summed E-state index contributed by atoms with van der Waals surface area (Å²) in [5, 5.41) is 11.1. The molecule has 1 heterocycles. The van der Waals surface area contributed by atoms with Gasteiger partial charge in [0.15, 0.2) is 5.78 Å². The minimum Gasteiger partial charge on any atom is -0.464 e. The minimum atomic E-state index is -1.66. The van der Waals surface area contributed by atoms with Gasteiger partial charge in [0.25, 0.3) is 0 Å². The van der Waals surface area contributed by atoms with Crippen molar-refractivity contribution in [3.63, 3.8) is 0 Å². The van der Waals surface area contributed by atoms with Gasteiger partial charge in [0, 0.05) is 11.3 Å². The van der Waals surface area contributed by atoms with Crippen LogP contribution in [0.2, 0.25) is 0 Å². The van der Waals surface area contributed by atoms with Crippen molar-refractivity contribution < 1.29 is 19.4 Å². The van der Waals surface area contributed by atoms with Gasteiger partial charge in [0.1, 0.15) is 0 Å². The second-order valence-electron chi connectivity index (χ2n) is 2.88. The summed E-state index contributed by atoms with van der Waals surface area (Å²) in [6.07, 6.45) is -1.59. The van der Waals surface area contributed by atoms with Crippen molar-refractivity contribution in [3.8, 4) is 0 Å². The average molecular weight is 228 g/mol. The molecule has 0 aromatic carbocycles. The number of carbonyl (C=O) groups is 2. The topological polar surface area (TPSA) is 63.6 Å². The largest absolute Gasteiger partial charge is 0.464 e. The molecular weight excluding hydrogens is 216 g/mol. The zero-order valence-electron chi connectivity index (χ0n) is 8.30. The van der Waals surface area contributed by atoms with E-state index in [0.717, 1.165) is 4.88 Å². The molecule has 5 heteroatoms. The van der Waals surface area contributed by atoms with Crippen LogP contribution < -0.4 is 0 Å². The molecule has 0 radical (unpaired) electrons. The van der Waals surface area contributed by atoms with Crippen LogP contribution in [0.1, 0.15) is 11.8 Å². The number of Topliss-reactive ketones (excluding diaryl/α,β-unsaturated/α-hetero) is 1. The van der Waals surface area contributed by atoms with Gasteiger partial charge in [-0.1, -0.05) is 6.07 Å². The van der Waals surface area contributed by atoms with Crippen molar-refractivity contribution in [2.24, 2.45) is 0 Å². The summed E-state index contributed by atoms with van der Waals surface area (Å²) >= 11 is 1.41. The molecule has 0 saturated heterocycles. The number of hydrogen-bond donors (Lipinski definition) is 1. The highest BCUT2D eigenvalue weighted by Gasteiger charge is 2.24. The fraction of sp³-hybridized carbons (Fsp3) is 0.400. The molecule has 1 aromatic rings. The Morgan fingerprint density at radius 3 is 2.87 bits per heavy atom. The molecule has 1 N–H and O–H groups in total. The van der Waals surface area contributed by atoms with Crippen molar-refractivity contribution in [1.29, 1.82) is 0 Å². The van der Waals surface area contributed by atoms with Crippen molar-refractivity contribution in [1.82, 2.24) is 0 Å². The number of aliphatic hydroxyl groups excluding tert-OH is 1. The molecular formula is C10H12O4S. The fourth-order valence-electron chi connectivity index (χ4n) is 1.03. The van der Waals surface area contributed by atoms with E-state index >= 15 is 0 Å². The maximum absolute atomic E-state index is 11.4. The van der Waals surface area contributed by atoms with Gasteiger partial charge in [-0.2, -0.15) is 0 Å². The molecule has 1 rings (SSSR count). The lowest BCUT2D eigenvalue weighted by Crippen LogP contribution is -2.32. The monoisotopic (exact) mass is 228 g/mol. The molecule has 0 unspecified atom stereocenters. The Bertz CT molecular complexity index is 331. The average Bonchev–Trinajstić information content (AvgIpc) is 2.69. The van der Waals surface area contributed by atoms with Gasteiger partial charge >= 0.3 is 5.97 Å². The molecule has 1 atom stereocenters. The standard InChI is InChI=1S/C10H12O4S/c1-2-14-10(13)9(12)8(11)6-7-4-3-5-15-7/h3-5,9,12H,2,6H2,1H3/t9-/m1/s1. The summed E-state index contributed by atoms with van der Waals surface area (Å²) in [4.78, 5) is 23.2. The van der Waals surface area contributed by atoms with Gasteiger partial charge in [-0.25, -0.2) is 4.79 Å². The van der Waals surface area contributed by atoms with E-state index in [2.05, 4.69) is 4.74 Å². The van der Waals surface area contributed by atoms with Crippen LogP contribution in [0, 0.1) is 0 Å². The Morgan fingerprint density at radius 2 is 2.33 bits per heavy atom. The highest BCUT2D eigenvalue weighted by atomic mass is 32.1. The van der Waals surface area contributed by atoms with Crippen molar-refractivity contribution in [3.05, 3.63) is 22.4 Å². The number of thiophene rings is 1. The van der Waals surface area contributed by atoms with Crippen LogP contribution in [0.15, 0.2) is 17.5 Å². The van der Waals surface area contributed by atoms with Gasteiger partial charge in [0.2, 0.25) is 6.10 Å². The third kappa shape index (κ3) is 3.45. The first-order valence-electron chi connectivity index (χ1n) is 4.55. The zero-order valence-corrected chi connectivity index (χ0v) is 9.12. The van der Waals surface area contributed by atoms with Crippen LogP contribution >= 0.6 is 11.3 Å². The summed E-state index contributed by atoms with van der Waals surface area (Å²) in [5.41, 5.74) is 0. The summed E-state index contributed by atoms with van der Waals surface area (Å²) < 4.78 is 4.54. The number of esters is 1. The predicted molar refractivity (Wildman–Crippen MR) is 55.7 cm³/mol. The second-order valence-corrected chi connectivity index (χ2v) is 3.91. The van der Waals surface area contributed by atoms with E-state index in [1.54, 1.807) is 13.0 Å². The third-order valence-electron chi connectivity index (χ3n) is 1.74. The Kier molecular flexibility index (Phi) is 4.45. The van der Waals surface area contributed by atoms with Crippen LogP contribution in [0.4, 0.5) is 0 Å². The zero-order chi connectivity index (χ0) is 11.3. The maximum atomic E-state index is 11.4. The first kappa shape index (κ1) is 11.9. The summed E-state index contributed by atoms with van der Waals surface area (Å²) in [5.74, 6) is -1.41. The molecule has 0 fully saturated rings. The lowest BCUT2D eigenvalue weighted by Gasteiger charge is -2.07. The van der Waals surface area contributed by atoms with Crippen LogP contribution in [0.25, 0.3) is 0 Å². The molecule has 0 bridgehead atoms. The SMILES string of the molecule is CCOC(=O)[C@H](O)C(=O)Cc1cccs1. The third-order valence-corrected chi connectivity index (χ3v) is 2.62. The van der Waals surface area contributed by atoms with Crippen molar-refractivity contribution in [2.45, 2.75) is 19.4 Å². The molecule has 15 heavy (non-hydrogen) atoms. The fourth-order valence-corrected chi connectivity index (χ4v) is 1.75. The predicted octanol–water partition coefficient (Wildman–Crippen LogP) is 0.784. The van der Waals surface area contributed by atoms with Gasteiger partial charge in [-0.3, -0.25) is 4.79 Å². The van der Waals surface area contributed by atoms with Crippen molar-refractivity contribution >= 4 is 23.1 Å². The number of ketones is 1. The quantitative estimate of drug-likeness (QED) is 0.597. The molecule has 4 nitrogen and oxygen atoms in total. The van der Waals surface area contributed by atoms with Crippen LogP contribution in [-0.2, 0) is 20.7 Å².